The highest BCUT2D eigenvalue weighted by atomic mass is 32.2. The van der Waals surface area contributed by atoms with Crippen molar-refractivity contribution in [2.75, 3.05) is 20.1 Å². The van der Waals surface area contributed by atoms with Crippen molar-refractivity contribution in [2.45, 2.75) is 77.3 Å². The van der Waals surface area contributed by atoms with Crippen molar-refractivity contribution in [1.29, 1.82) is 0 Å². The summed E-state index contributed by atoms with van der Waals surface area (Å²) in [7, 11) is -1.48. The molecule has 2 atom stereocenters. The van der Waals surface area contributed by atoms with Gasteiger partial charge in [-0.05, 0) is 33.2 Å². The van der Waals surface area contributed by atoms with Crippen LogP contribution in [0.2, 0.25) is 0 Å². The second-order valence-corrected chi connectivity index (χ2v) is 7.85. The van der Waals surface area contributed by atoms with Crippen molar-refractivity contribution in [2.24, 2.45) is 0 Å². The van der Waals surface area contributed by atoms with E-state index in [0.29, 0.717) is 6.54 Å². The fourth-order valence-electron chi connectivity index (χ4n) is 2.99. The highest BCUT2D eigenvalue weighted by Crippen LogP contribution is 2.20. The van der Waals surface area contributed by atoms with Gasteiger partial charge in [-0.25, -0.2) is 0 Å². The molecule has 0 spiro atoms. The minimum absolute atomic E-state index is 0.0176. The third-order valence-corrected chi connectivity index (χ3v) is 5.96. The van der Waals surface area contributed by atoms with E-state index in [-0.39, 0.29) is 12.1 Å². The lowest BCUT2D eigenvalue weighted by Crippen LogP contribution is -2.53. The predicted octanol–water partition coefficient (Wildman–Crippen LogP) is 2.25. The number of likely N-dealkylation sites (N-methyl/N-ethyl adjacent to an activating group) is 1. The lowest BCUT2D eigenvalue weighted by molar-refractivity contribution is 0.244. The molecule has 0 radical (unpaired) electrons. The summed E-state index contributed by atoms with van der Waals surface area (Å²) in [4.78, 5) is 0. The standard InChI is InChI=1S/C15H33N3O2S/c1-4-5-6-7-10-14(2)17-21(19,20)18-12-9-8-11-15(18)13-16-3/h14-17H,4-13H2,1-3H3. The molecule has 2 unspecified atom stereocenters. The molecule has 0 aromatic heterocycles. The molecule has 0 aromatic carbocycles. The van der Waals surface area contributed by atoms with Crippen LogP contribution in [-0.4, -0.2) is 44.9 Å². The van der Waals surface area contributed by atoms with Gasteiger partial charge in [0.1, 0.15) is 0 Å². The molecule has 126 valence electrons. The van der Waals surface area contributed by atoms with Crippen molar-refractivity contribution in [3.63, 3.8) is 0 Å². The Labute approximate surface area is 131 Å². The second-order valence-electron chi connectivity index (χ2n) is 6.19. The van der Waals surface area contributed by atoms with Gasteiger partial charge in [0.25, 0.3) is 10.2 Å². The van der Waals surface area contributed by atoms with E-state index in [0.717, 1.165) is 38.6 Å². The number of hydrogen-bond donors (Lipinski definition) is 2. The van der Waals surface area contributed by atoms with E-state index in [2.05, 4.69) is 17.0 Å². The Morgan fingerprint density at radius 3 is 2.67 bits per heavy atom. The zero-order chi connectivity index (χ0) is 15.7. The minimum Gasteiger partial charge on any atom is -0.318 e. The molecule has 0 saturated carbocycles. The summed E-state index contributed by atoms with van der Waals surface area (Å²) in [6, 6.07) is 0.109. The van der Waals surface area contributed by atoms with Crippen molar-refractivity contribution >= 4 is 10.2 Å². The zero-order valence-electron chi connectivity index (χ0n) is 13.9. The maximum Gasteiger partial charge on any atom is 0.279 e. The van der Waals surface area contributed by atoms with E-state index in [1.807, 2.05) is 14.0 Å². The van der Waals surface area contributed by atoms with Crippen molar-refractivity contribution < 1.29 is 8.42 Å². The number of unbranched alkanes of at least 4 members (excludes halogenated alkanes) is 3. The van der Waals surface area contributed by atoms with Crippen molar-refractivity contribution in [1.82, 2.24) is 14.3 Å². The second kappa shape index (κ2) is 9.77. The van der Waals surface area contributed by atoms with E-state index in [1.54, 1.807) is 4.31 Å². The van der Waals surface area contributed by atoms with Gasteiger partial charge in [0.15, 0.2) is 0 Å². The van der Waals surface area contributed by atoms with Crippen molar-refractivity contribution in [3.05, 3.63) is 0 Å². The first-order valence-corrected chi connectivity index (χ1v) is 9.89. The Bertz CT molecular complexity index is 371. The molecule has 1 heterocycles. The molecule has 21 heavy (non-hydrogen) atoms. The van der Waals surface area contributed by atoms with E-state index < -0.39 is 10.2 Å². The van der Waals surface area contributed by atoms with Crippen molar-refractivity contribution in [3.8, 4) is 0 Å². The Kier molecular flexibility index (Phi) is 8.78. The normalized spacial score (nSPS) is 22.3. The average Bonchev–Trinajstić information content (AvgIpc) is 2.44. The quantitative estimate of drug-likeness (QED) is 0.607. The fourth-order valence-corrected chi connectivity index (χ4v) is 4.69. The monoisotopic (exact) mass is 319 g/mol. The first-order chi connectivity index (χ1) is 10.0. The van der Waals surface area contributed by atoms with Gasteiger partial charge in [-0.1, -0.05) is 39.0 Å². The number of hydrogen-bond acceptors (Lipinski definition) is 3. The number of nitrogens with one attached hydrogen (secondary N) is 2. The van der Waals surface area contributed by atoms with Gasteiger partial charge >= 0.3 is 0 Å². The minimum atomic E-state index is -3.35. The molecule has 1 aliphatic heterocycles. The average molecular weight is 320 g/mol. The third-order valence-electron chi connectivity index (χ3n) is 4.16. The van der Waals surface area contributed by atoms with Crippen LogP contribution in [0.15, 0.2) is 0 Å². The van der Waals surface area contributed by atoms with E-state index in [4.69, 9.17) is 0 Å². The van der Waals surface area contributed by atoms with Gasteiger partial charge in [0, 0.05) is 25.2 Å². The Balaban J connectivity index is 2.49. The molecular weight excluding hydrogens is 286 g/mol. The highest BCUT2D eigenvalue weighted by Gasteiger charge is 2.32. The zero-order valence-corrected chi connectivity index (χ0v) is 14.7. The van der Waals surface area contributed by atoms with E-state index in [1.165, 1.54) is 19.3 Å². The number of nitrogens with zero attached hydrogens (tertiary/aromatic N) is 1. The molecule has 1 aliphatic rings. The summed E-state index contributed by atoms with van der Waals surface area (Å²) < 4.78 is 29.6. The molecular formula is C15H33N3O2S. The lowest BCUT2D eigenvalue weighted by atomic mass is 10.1. The van der Waals surface area contributed by atoms with Gasteiger partial charge in [-0.15, -0.1) is 0 Å². The van der Waals surface area contributed by atoms with Crippen LogP contribution in [0.25, 0.3) is 0 Å². The summed E-state index contributed by atoms with van der Waals surface area (Å²) in [6.45, 7) is 5.53. The van der Waals surface area contributed by atoms with Crippen LogP contribution in [0, 0.1) is 0 Å². The van der Waals surface area contributed by atoms with Crippen LogP contribution >= 0.6 is 0 Å². The Morgan fingerprint density at radius 1 is 1.24 bits per heavy atom. The summed E-state index contributed by atoms with van der Waals surface area (Å²) in [5, 5.41) is 3.11. The van der Waals surface area contributed by atoms with E-state index in [9.17, 15) is 8.42 Å². The molecule has 1 rings (SSSR count). The molecule has 6 heteroatoms. The maximum atomic E-state index is 12.6. The lowest BCUT2D eigenvalue weighted by Gasteiger charge is -2.35. The number of piperidine rings is 1. The maximum absolute atomic E-state index is 12.6. The summed E-state index contributed by atoms with van der Waals surface area (Å²) in [6.07, 6.45) is 8.68. The molecule has 1 saturated heterocycles. The molecule has 0 amide bonds. The largest absolute Gasteiger partial charge is 0.318 e. The Hall–Kier alpha value is -0.170. The van der Waals surface area contributed by atoms with Crippen LogP contribution in [0.1, 0.15) is 65.2 Å². The SMILES string of the molecule is CCCCCCC(C)NS(=O)(=O)N1CCCCC1CNC. The first kappa shape index (κ1) is 18.9. The Morgan fingerprint density at radius 2 is 2.00 bits per heavy atom. The smallest absolute Gasteiger partial charge is 0.279 e. The van der Waals surface area contributed by atoms with Crippen LogP contribution in [0.3, 0.4) is 0 Å². The highest BCUT2D eigenvalue weighted by molar-refractivity contribution is 7.87. The topological polar surface area (TPSA) is 61.4 Å². The molecule has 0 aliphatic carbocycles. The summed E-state index contributed by atoms with van der Waals surface area (Å²) in [5.74, 6) is 0. The molecule has 1 fully saturated rings. The molecule has 0 aromatic rings. The van der Waals surface area contributed by atoms with Crippen LogP contribution in [0.5, 0.6) is 0 Å². The molecule has 5 nitrogen and oxygen atoms in total. The van der Waals surface area contributed by atoms with Gasteiger partial charge in [0.2, 0.25) is 0 Å². The predicted molar refractivity (Wildman–Crippen MR) is 88.5 cm³/mol. The third kappa shape index (κ3) is 6.63. The van der Waals surface area contributed by atoms with Crippen LogP contribution in [0.4, 0.5) is 0 Å². The van der Waals surface area contributed by atoms with E-state index >= 15 is 0 Å². The van der Waals surface area contributed by atoms with Crippen LogP contribution < -0.4 is 10.0 Å². The summed E-state index contributed by atoms with van der Waals surface area (Å²) >= 11 is 0. The van der Waals surface area contributed by atoms with Crippen LogP contribution in [-0.2, 0) is 10.2 Å². The van der Waals surface area contributed by atoms with Gasteiger partial charge in [-0.3, -0.25) is 0 Å². The van der Waals surface area contributed by atoms with Gasteiger partial charge in [0.05, 0.1) is 0 Å². The molecule has 2 N–H and O–H groups in total. The fraction of sp³-hybridized carbons (Fsp3) is 1.00. The van der Waals surface area contributed by atoms with Gasteiger partial charge in [-0.2, -0.15) is 17.4 Å². The first-order valence-electron chi connectivity index (χ1n) is 8.45. The molecule has 0 bridgehead atoms. The number of rotatable bonds is 10. The summed E-state index contributed by atoms with van der Waals surface area (Å²) in [5.41, 5.74) is 0. The van der Waals surface area contributed by atoms with Gasteiger partial charge < -0.3 is 5.32 Å².